The molecular formula is C12H20N6O2S. The van der Waals surface area contributed by atoms with E-state index < -0.39 is 10.0 Å². The van der Waals surface area contributed by atoms with Crippen LogP contribution in [0.3, 0.4) is 0 Å². The van der Waals surface area contributed by atoms with E-state index in [0.717, 1.165) is 17.8 Å². The van der Waals surface area contributed by atoms with Gasteiger partial charge in [0.1, 0.15) is 4.90 Å². The Morgan fingerprint density at radius 2 is 2.05 bits per heavy atom. The van der Waals surface area contributed by atoms with Crippen LogP contribution in [0.2, 0.25) is 0 Å². The van der Waals surface area contributed by atoms with E-state index in [2.05, 4.69) is 20.2 Å². The summed E-state index contributed by atoms with van der Waals surface area (Å²) >= 11 is 0. The summed E-state index contributed by atoms with van der Waals surface area (Å²) in [5.74, 6) is 0. The van der Waals surface area contributed by atoms with Crippen LogP contribution in [0.25, 0.3) is 0 Å². The molecule has 0 saturated heterocycles. The zero-order valence-corrected chi connectivity index (χ0v) is 13.2. The van der Waals surface area contributed by atoms with Gasteiger partial charge >= 0.3 is 0 Å². The average molecular weight is 312 g/mol. The van der Waals surface area contributed by atoms with Crippen molar-refractivity contribution in [1.82, 2.24) is 29.6 Å². The lowest BCUT2D eigenvalue weighted by atomic mass is 10.3. The third-order valence-corrected chi connectivity index (χ3v) is 4.66. The number of hydrogen-bond acceptors (Lipinski definition) is 5. The predicted molar refractivity (Wildman–Crippen MR) is 78.1 cm³/mol. The average Bonchev–Trinajstić information content (AvgIpc) is 3.04. The molecule has 0 bridgehead atoms. The quantitative estimate of drug-likeness (QED) is 0.727. The summed E-state index contributed by atoms with van der Waals surface area (Å²) in [5, 5.41) is 11.1. The topological polar surface area (TPSA) is 93.8 Å². The molecule has 0 radical (unpaired) electrons. The Morgan fingerprint density at radius 1 is 1.29 bits per heavy atom. The molecule has 2 aromatic heterocycles. The standard InChI is InChI=1S/C12H20N6O2S/c1-10-11(6-14-17(10)3)7-16-21(19,20)12-8-15-18(9-12)5-4-13-2/h6,8-9,13,16H,4-5,7H2,1-3H3. The molecule has 0 atom stereocenters. The van der Waals surface area contributed by atoms with E-state index in [-0.39, 0.29) is 11.4 Å². The summed E-state index contributed by atoms with van der Waals surface area (Å²) in [4.78, 5) is 0.167. The lowest BCUT2D eigenvalue weighted by molar-refractivity contribution is 0.576. The highest BCUT2D eigenvalue weighted by atomic mass is 32.2. The SMILES string of the molecule is CNCCn1cc(S(=O)(=O)NCc2cnn(C)c2C)cn1. The number of sulfonamides is 1. The van der Waals surface area contributed by atoms with Crippen LogP contribution in [-0.2, 0) is 30.2 Å². The van der Waals surface area contributed by atoms with Crippen molar-refractivity contribution in [2.24, 2.45) is 7.05 Å². The van der Waals surface area contributed by atoms with E-state index in [1.54, 1.807) is 15.6 Å². The van der Waals surface area contributed by atoms with Crippen molar-refractivity contribution >= 4 is 10.0 Å². The second kappa shape index (κ2) is 6.37. The molecule has 0 aliphatic carbocycles. The first-order chi connectivity index (χ1) is 9.94. The van der Waals surface area contributed by atoms with Crippen molar-refractivity contribution < 1.29 is 8.42 Å². The minimum Gasteiger partial charge on any atom is -0.318 e. The van der Waals surface area contributed by atoms with E-state index in [4.69, 9.17) is 0 Å². The molecule has 2 heterocycles. The van der Waals surface area contributed by atoms with Crippen molar-refractivity contribution in [3.63, 3.8) is 0 Å². The summed E-state index contributed by atoms with van der Waals surface area (Å²) in [7, 11) is 0.0899. The maximum absolute atomic E-state index is 12.2. The van der Waals surface area contributed by atoms with Gasteiger partial charge in [0, 0.05) is 37.6 Å². The summed E-state index contributed by atoms with van der Waals surface area (Å²) in [5.41, 5.74) is 1.78. The van der Waals surface area contributed by atoms with Crippen molar-refractivity contribution in [2.75, 3.05) is 13.6 Å². The van der Waals surface area contributed by atoms with Gasteiger partial charge in [0.2, 0.25) is 10.0 Å². The summed E-state index contributed by atoms with van der Waals surface area (Å²) < 4.78 is 30.3. The van der Waals surface area contributed by atoms with Crippen molar-refractivity contribution in [3.05, 3.63) is 29.8 Å². The molecule has 2 N–H and O–H groups in total. The van der Waals surface area contributed by atoms with Crippen molar-refractivity contribution in [3.8, 4) is 0 Å². The molecule has 9 heteroatoms. The number of hydrogen-bond donors (Lipinski definition) is 2. The molecule has 0 fully saturated rings. The Labute approximate surface area is 124 Å². The Kier molecular flexibility index (Phi) is 4.76. The lowest BCUT2D eigenvalue weighted by Crippen LogP contribution is -2.23. The normalized spacial score (nSPS) is 12.0. The fourth-order valence-electron chi connectivity index (χ4n) is 1.81. The van der Waals surface area contributed by atoms with E-state index >= 15 is 0 Å². The van der Waals surface area contributed by atoms with E-state index in [9.17, 15) is 8.42 Å². The highest BCUT2D eigenvalue weighted by Crippen LogP contribution is 2.10. The van der Waals surface area contributed by atoms with Gasteiger partial charge in [-0.3, -0.25) is 9.36 Å². The first-order valence-corrected chi connectivity index (χ1v) is 8.06. The van der Waals surface area contributed by atoms with Crippen LogP contribution in [0.4, 0.5) is 0 Å². The van der Waals surface area contributed by atoms with Crippen LogP contribution in [0.15, 0.2) is 23.5 Å². The van der Waals surface area contributed by atoms with Crippen molar-refractivity contribution in [1.29, 1.82) is 0 Å². The Morgan fingerprint density at radius 3 is 2.67 bits per heavy atom. The number of nitrogens with zero attached hydrogens (tertiary/aromatic N) is 4. The van der Waals surface area contributed by atoms with Crippen LogP contribution in [-0.4, -0.2) is 41.6 Å². The molecule has 2 rings (SSSR count). The summed E-state index contributed by atoms with van der Waals surface area (Å²) in [6, 6.07) is 0. The molecule has 2 aromatic rings. The van der Waals surface area contributed by atoms with Gasteiger partial charge in [-0.05, 0) is 14.0 Å². The molecule has 0 saturated carbocycles. The fourth-order valence-corrected chi connectivity index (χ4v) is 2.76. The third-order valence-electron chi connectivity index (χ3n) is 3.30. The molecule has 0 aliphatic rings. The minimum absolute atomic E-state index is 0.167. The first-order valence-electron chi connectivity index (χ1n) is 6.58. The van der Waals surface area contributed by atoms with Crippen LogP contribution < -0.4 is 10.0 Å². The molecule has 0 unspecified atom stereocenters. The molecule has 0 aliphatic heterocycles. The van der Waals surface area contributed by atoms with Gasteiger partial charge in [-0.15, -0.1) is 0 Å². The van der Waals surface area contributed by atoms with E-state index in [1.807, 2.05) is 21.0 Å². The molecule has 0 spiro atoms. The Balaban J connectivity index is 2.04. The number of aromatic nitrogens is 4. The lowest BCUT2D eigenvalue weighted by Gasteiger charge is -2.04. The maximum atomic E-state index is 12.2. The van der Waals surface area contributed by atoms with E-state index in [0.29, 0.717) is 6.54 Å². The summed E-state index contributed by atoms with van der Waals surface area (Å²) in [6.07, 6.45) is 4.54. The number of aryl methyl sites for hydroxylation is 1. The maximum Gasteiger partial charge on any atom is 0.243 e. The predicted octanol–water partition coefficient (Wildman–Crippen LogP) is -0.377. The monoisotopic (exact) mass is 312 g/mol. The van der Waals surface area contributed by atoms with Gasteiger partial charge in [0.25, 0.3) is 0 Å². The van der Waals surface area contributed by atoms with Gasteiger partial charge < -0.3 is 5.32 Å². The smallest absolute Gasteiger partial charge is 0.243 e. The van der Waals surface area contributed by atoms with Crippen LogP contribution in [0.5, 0.6) is 0 Å². The van der Waals surface area contributed by atoms with Crippen LogP contribution in [0.1, 0.15) is 11.3 Å². The second-order valence-electron chi connectivity index (χ2n) is 4.75. The zero-order chi connectivity index (χ0) is 15.5. The number of rotatable bonds is 7. The highest BCUT2D eigenvalue weighted by Gasteiger charge is 2.17. The minimum atomic E-state index is -3.56. The number of likely N-dealkylation sites (N-methyl/N-ethyl adjacent to an activating group) is 1. The first kappa shape index (κ1) is 15.7. The highest BCUT2D eigenvalue weighted by molar-refractivity contribution is 7.89. The van der Waals surface area contributed by atoms with Crippen molar-refractivity contribution in [2.45, 2.75) is 24.9 Å². The van der Waals surface area contributed by atoms with Gasteiger partial charge in [0.15, 0.2) is 0 Å². The second-order valence-corrected chi connectivity index (χ2v) is 6.51. The largest absolute Gasteiger partial charge is 0.318 e. The van der Waals surface area contributed by atoms with Gasteiger partial charge in [-0.2, -0.15) is 10.2 Å². The number of nitrogens with one attached hydrogen (secondary N) is 2. The molecule has 0 amide bonds. The Hall–Kier alpha value is -1.71. The van der Waals surface area contributed by atoms with Crippen LogP contribution >= 0.6 is 0 Å². The summed E-state index contributed by atoms with van der Waals surface area (Å²) in [6.45, 7) is 3.45. The van der Waals surface area contributed by atoms with Gasteiger partial charge in [-0.25, -0.2) is 13.1 Å². The Bertz CT molecular complexity index is 703. The third kappa shape index (κ3) is 3.69. The fraction of sp³-hybridized carbons (Fsp3) is 0.500. The molecule has 0 aromatic carbocycles. The molecule has 21 heavy (non-hydrogen) atoms. The molecule has 8 nitrogen and oxygen atoms in total. The van der Waals surface area contributed by atoms with Crippen LogP contribution in [0, 0.1) is 6.92 Å². The molecular weight excluding hydrogens is 292 g/mol. The van der Waals surface area contributed by atoms with Gasteiger partial charge in [-0.1, -0.05) is 0 Å². The van der Waals surface area contributed by atoms with E-state index in [1.165, 1.54) is 12.4 Å². The molecule has 116 valence electrons. The zero-order valence-electron chi connectivity index (χ0n) is 12.4. The van der Waals surface area contributed by atoms with Gasteiger partial charge in [0.05, 0.1) is 18.9 Å².